The fourth-order valence-electron chi connectivity index (χ4n) is 2.21. The minimum absolute atomic E-state index is 0.00591. The zero-order chi connectivity index (χ0) is 16.8. The van der Waals surface area contributed by atoms with Crippen molar-refractivity contribution in [1.82, 2.24) is 14.8 Å². The lowest BCUT2D eigenvalue weighted by Crippen LogP contribution is -2.13. The van der Waals surface area contributed by atoms with Crippen LogP contribution < -0.4 is 4.72 Å². The van der Waals surface area contributed by atoms with Crippen LogP contribution in [-0.4, -0.2) is 23.2 Å². The predicted octanol–water partition coefficient (Wildman–Crippen LogP) is 3.52. The zero-order valence-corrected chi connectivity index (χ0v) is 13.3. The normalized spacial score (nSPS) is 12.2. The van der Waals surface area contributed by atoms with E-state index in [1.807, 2.05) is 0 Å². The molecule has 0 bridgehead atoms. The molecule has 2 heterocycles. The van der Waals surface area contributed by atoms with E-state index in [0.717, 1.165) is 6.20 Å². The first-order chi connectivity index (χ1) is 10.8. The van der Waals surface area contributed by atoms with Gasteiger partial charge in [0, 0.05) is 22.1 Å². The molecule has 2 N–H and O–H groups in total. The molecule has 3 rings (SSSR count). The minimum atomic E-state index is -3.97. The maximum absolute atomic E-state index is 12.7. The van der Waals surface area contributed by atoms with E-state index in [9.17, 15) is 17.2 Å². The summed E-state index contributed by atoms with van der Waals surface area (Å²) in [6.07, 6.45) is 2.36. The molecule has 0 unspecified atom stereocenters. The maximum atomic E-state index is 12.7. The third kappa shape index (κ3) is 2.77. The second-order valence-electron chi connectivity index (χ2n) is 4.81. The number of halogens is 3. The van der Waals surface area contributed by atoms with E-state index in [-0.39, 0.29) is 16.3 Å². The molecule has 6 nitrogen and oxygen atoms in total. The Labute approximate surface area is 135 Å². The number of nitrogens with one attached hydrogen (secondary N) is 2. The van der Waals surface area contributed by atoms with Gasteiger partial charge in [-0.15, -0.1) is 0 Å². The fraction of sp³-hybridized carbons (Fsp3) is 0.154. The van der Waals surface area contributed by atoms with Crippen LogP contribution in [0.3, 0.4) is 0 Å². The Hall–Kier alpha value is -2.13. The van der Waals surface area contributed by atoms with E-state index in [1.165, 1.54) is 13.1 Å². The van der Waals surface area contributed by atoms with Crippen LogP contribution >= 0.6 is 11.6 Å². The molecule has 122 valence electrons. The largest absolute Gasteiger partial charge is 0.360 e. The van der Waals surface area contributed by atoms with Gasteiger partial charge in [-0.25, -0.2) is 13.1 Å². The number of nitrogens with zero attached hydrogens (tertiary/aromatic N) is 2. The van der Waals surface area contributed by atoms with E-state index in [1.54, 1.807) is 18.2 Å². The summed E-state index contributed by atoms with van der Waals surface area (Å²) in [7, 11) is -3.97. The van der Waals surface area contributed by atoms with Crippen LogP contribution in [0.2, 0.25) is 5.02 Å². The first-order valence-electron chi connectivity index (χ1n) is 6.41. The number of hydrogen-bond acceptors (Lipinski definition) is 3. The van der Waals surface area contributed by atoms with E-state index < -0.39 is 16.6 Å². The van der Waals surface area contributed by atoms with E-state index in [2.05, 4.69) is 14.8 Å². The Morgan fingerprint density at radius 1 is 1.39 bits per heavy atom. The number of hydrogen-bond donors (Lipinski definition) is 2. The van der Waals surface area contributed by atoms with Gasteiger partial charge in [-0.3, -0.25) is 4.72 Å². The summed E-state index contributed by atoms with van der Waals surface area (Å²) in [6.45, 7) is -1.49. The van der Waals surface area contributed by atoms with Crippen LogP contribution in [0.25, 0.3) is 10.9 Å². The molecule has 0 fully saturated rings. The summed E-state index contributed by atoms with van der Waals surface area (Å²) in [5.41, 5.74) is 0.568. The number of benzene rings is 1. The van der Waals surface area contributed by atoms with Crippen molar-refractivity contribution in [3.05, 3.63) is 41.3 Å². The Kier molecular flexibility index (Phi) is 3.77. The quantitative estimate of drug-likeness (QED) is 0.747. The Morgan fingerprint density at radius 2 is 2.13 bits per heavy atom. The number of sulfonamides is 1. The number of H-pyrrole nitrogens is 1. The van der Waals surface area contributed by atoms with Crippen molar-refractivity contribution >= 4 is 38.2 Å². The fourth-order valence-corrected chi connectivity index (χ4v) is 3.67. The topological polar surface area (TPSA) is 79.8 Å². The van der Waals surface area contributed by atoms with E-state index in [4.69, 9.17) is 11.6 Å². The molecule has 0 amide bonds. The van der Waals surface area contributed by atoms with Gasteiger partial charge in [0.2, 0.25) is 0 Å². The zero-order valence-electron chi connectivity index (χ0n) is 11.7. The Bertz CT molecular complexity index is 981. The monoisotopic (exact) mass is 360 g/mol. The average molecular weight is 361 g/mol. The first kappa shape index (κ1) is 15.8. The number of rotatable bonds is 4. The Balaban J connectivity index is 2.01. The van der Waals surface area contributed by atoms with Crippen LogP contribution in [0.15, 0.2) is 35.5 Å². The summed E-state index contributed by atoms with van der Waals surface area (Å²) < 4.78 is 53.1. The van der Waals surface area contributed by atoms with Crippen LogP contribution in [0.1, 0.15) is 12.2 Å². The summed E-state index contributed by atoms with van der Waals surface area (Å²) in [6, 6.07) is 4.73. The molecule has 0 aliphatic rings. The smallest absolute Gasteiger partial charge is 0.333 e. The molecular weight excluding hydrogens is 350 g/mol. The number of alkyl halides is 2. The molecule has 2 aromatic heterocycles. The van der Waals surface area contributed by atoms with Gasteiger partial charge in [0.05, 0.1) is 17.6 Å². The summed E-state index contributed by atoms with van der Waals surface area (Å²) in [4.78, 5) is 2.81. The molecule has 23 heavy (non-hydrogen) atoms. The molecule has 1 aromatic carbocycles. The highest BCUT2D eigenvalue weighted by Gasteiger charge is 2.22. The van der Waals surface area contributed by atoms with Gasteiger partial charge in [-0.05, 0) is 25.1 Å². The van der Waals surface area contributed by atoms with Gasteiger partial charge in [0.25, 0.3) is 10.0 Å². The van der Waals surface area contributed by atoms with Crippen molar-refractivity contribution in [2.24, 2.45) is 0 Å². The van der Waals surface area contributed by atoms with Crippen molar-refractivity contribution in [2.75, 3.05) is 4.72 Å². The van der Waals surface area contributed by atoms with Gasteiger partial charge in [-0.2, -0.15) is 13.9 Å². The molecular formula is C13H11ClF2N4O2S. The van der Waals surface area contributed by atoms with Crippen LogP contribution in [0.5, 0.6) is 0 Å². The molecule has 0 atom stereocenters. The van der Waals surface area contributed by atoms with Gasteiger partial charge in [0.15, 0.2) is 0 Å². The van der Waals surface area contributed by atoms with Crippen molar-refractivity contribution in [1.29, 1.82) is 0 Å². The molecule has 10 heteroatoms. The number of fused-ring (bicyclic) bond motifs is 1. The molecule has 3 aromatic rings. The SMILES string of the molecule is Cc1c(NS(=O)(=O)c2c[nH]c3cc(Cl)ccc23)cnn1C(F)F. The van der Waals surface area contributed by atoms with E-state index in [0.29, 0.717) is 20.6 Å². The predicted molar refractivity (Wildman–Crippen MR) is 82.3 cm³/mol. The molecule has 0 radical (unpaired) electrons. The van der Waals surface area contributed by atoms with E-state index >= 15 is 0 Å². The number of aromatic nitrogens is 3. The molecule has 0 aliphatic carbocycles. The van der Waals surface area contributed by atoms with Crippen LogP contribution in [0.4, 0.5) is 14.5 Å². The first-order valence-corrected chi connectivity index (χ1v) is 8.27. The highest BCUT2D eigenvalue weighted by Crippen LogP contribution is 2.28. The van der Waals surface area contributed by atoms with Gasteiger partial charge in [0.1, 0.15) is 4.90 Å². The Morgan fingerprint density at radius 3 is 2.78 bits per heavy atom. The lowest BCUT2D eigenvalue weighted by atomic mass is 10.2. The highest BCUT2D eigenvalue weighted by molar-refractivity contribution is 7.93. The van der Waals surface area contributed by atoms with Gasteiger partial charge < -0.3 is 4.98 Å². The maximum Gasteiger partial charge on any atom is 0.333 e. The minimum Gasteiger partial charge on any atom is -0.360 e. The van der Waals surface area contributed by atoms with Crippen LogP contribution in [-0.2, 0) is 10.0 Å². The van der Waals surface area contributed by atoms with Crippen molar-refractivity contribution in [3.8, 4) is 0 Å². The third-order valence-corrected chi connectivity index (χ3v) is 5.01. The van der Waals surface area contributed by atoms with Gasteiger partial charge in [-0.1, -0.05) is 11.6 Å². The van der Waals surface area contributed by atoms with Crippen molar-refractivity contribution < 1.29 is 17.2 Å². The molecule has 0 saturated carbocycles. The number of anilines is 1. The lowest BCUT2D eigenvalue weighted by Gasteiger charge is -2.07. The number of aromatic amines is 1. The summed E-state index contributed by atoms with van der Waals surface area (Å²) in [5.74, 6) is 0. The standard InChI is InChI=1S/C13H11ClF2N4O2S/c1-7-11(5-18-20(7)13(15)16)19-23(21,22)12-6-17-10-4-8(14)2-3-9(10)12/h2-6,13,17,19H,1H3. The second kappa shape index (κ2) is 5.50. The van der Waals surface area contributed by atoms with Gasteiger partial charge >= 0.3 is 6.55 Å². The molecule has 0 aliphatic heterocycles. The van der Waals surface area contributed by atoms with Crippen molar-refractivity contribution in [2.45, 2.75) is 18.4 Å². The second-order valence-corrected chi connectivity index (χ2v) is 6.90. The summed E-state index contributed by atoms with van der Waals surface area (Å²) >= 11 is 5.86. The summed E-state index contributed by atoms with van der Waals surface area (Å²) in [5, 5.41) is 4.38. The highest BCUT2D eigenvalue weighted by atomic mass is 35.5. The lowest BCUT2D eigenvalue weighted by molar-refractivity contribution is 0.0545. The molecule has 0 saturated heterocycles. The molecule has 0 spiro atoms. The average Bonchev–Trinajstić information content (AvgIpc) is 3.03. The van der Waals surface area contributed by atoms with Crippen molar-refractivity contribution in [3.63, 3.8) is 0 Å². The third-order valence-electron chi connectivity index (χ3n) is 3.37. The van der Waals surface area contributed by atoms with Crippen LogP contribution in [0, 0.1) is 6.92 Å².